The van der Waals surface area contributed by atoms with Crippen LogP contribution in [0.25, 0.3) is 0 Å². The van der Waals surface area contributed by atoms with Gasteiger partial charge in [-0.1, -0.05) is 26.2 Å². The highest BCUT2D eigenvalue weighted by atomic mass is 16.3. The Morgan fingerprint density at radius 1 is 0.958 bits per heavy atom. The van der Waals surface area contributed by atoms with Crippen LogP contribution in [-0.4, -0.2) is 57.2 Å². The normalized spacial score (nSPS) is 22.6. The highest BCUT2D eigenvalue weighted by molar-refractivity contribution is 5.35. The highest BCUT2D eigenvalue weighted by Crippen LogP contribution is 2.24. The van der Waals surface area contributed by atoms with Gasteiger partial charge in [-0.05, 0) is 44.7 Å². The lowest BCUT2D eigenvalue weighted by atomic mass is 9.89. The molecule has 7 nitrogen and oxygen atoms in total. The lowest BCUT2D eigenvalue weighted by Gasteiger charge is -2.23. The van der Waals surface area contributed by atoms with Gasteiger partial charge in [0.25, 0.3) is 0 Å². The maximum Gasteiger partial charge on any atom is 0.320 e. The Kier molecular flexibility index (Phi) is 6.07. The first-order valence-corrected chi connectivity index (χ1v) is 9.41. The number of aromatic nitrogens is 3. The van der Waals surface area contributed by atoms with Crippen molar-refractivity contribution in [3.05, 3.63) is 0 Å². The Bertz CT molecular complexity index is 520. The van der Waals surface area contributed by atoms with Crippen molar-refractivity contribution in [2.45, 2.75) is 57.9 Å². The van der Waals surface area contributed by atoms with Crippen molar-refractivity contribution in [2.75, 3.05) is 36.8 Å². The molecule has 0 radical (unpaired) electrons. The largest absolute Gasteiger partial charge is 0.479 e. The monoisotopic (exact) mass is 334 g/mol. The molecule has 0 aromatic carbocycles. The van der Waals surface area contributed by atoms with Crippen molar-refractivity contribution in [1.29, 1.82) is 0 Å². The van der Waals surface area contributed by atoms with E-state index in [0.717, 1.165) is 19.6 Å². The molecule has 2 fully saturated rings. The lowest BCUT2D eigenvalue weighted by molar-refractivity contribution is 0.276. The van der Waals surface area contributed by atoms with Gasteiger partial charge in [0.1, 0.15) is 0 Å². The van der Waals surface area contributed by atoms with Crippen molar-refractivity contribution in [1.82, 2.24) is 19.9 Å². The fraction of sp³-hybridized carbons (Fsp3) is 0.824. The van der Waals surface area contributed by atoms with Crippen LogP contribution < -0.4 is 10.6 Å². The third-order valence-electron chi connectivity index (χ3n) is 5.30. The molecule has 0 bridgehead atoms. The number of nitrogens with one attached hydrogen (secondary N) is 2. The number of rotatable bonds is 7. The number of aromatic hydroxyl groups is 1. The second kappa shape index (κ2) is 8.46. The molecule has 1 saturated carbocycles. The maximum absolute atomic E-state index is 9.77. The van der Waals surface area contributed by atoms with Gasteiger partial charge in [0.2, 0.25) is 11.9 Å². The van der Waals surface area contributed by atoms with Gasteiger partial charge >= 0.3 is 6.01 Å². The van der Waals surface area contributed by atoms with Crippen molar-refractivity contribution in [2.24, 2.45) is 5.92 Å². The molecule has 1 saturated heterocycles. The predicted molar refractivity (Wildman–Crippen MR) is 95.3 cm³/mol. The number of hydrogen-bond acceptors (Lipinski definition) is 7. The number of anilines is 2. The van der Waals surface area contributed by atoms with E-state index in [1.807, 2.05) is 0 Å². The number of likely N-dealkylation sites (N-methyl/N-ethyl adjacent to an activating group) is 1. The van der Waals surface area contributed by atoms with Crippen LogP contribution in [0.3, 0.4) is 0 Å². The number of likely N-dealkylation sites (tertiary alicyclic amines) is 1. The molecule has 24 heavy (non-hydrogen) atoms. The van der Waals surface area contributed by atoms with Gasteiger partial charge in [-0.15, -0.1) is 0 Å². The molecule has 134 valence electrons. The second-order valence-corrected chi connectivity index (χ2v) is 6.97. The van der Waals surface area contributed by atoms with Gasteiger partial charge in [0.05, 0.1) is 0 Å². The van der Waals surface area contributed by atoms with E-state index in [-0.39, 0.29) is 6.01 Å². The standard InChI is InChI=1S/C17H30N6O/c1-2-23-10-6-9-14(23)12-19-16-20-15(21-17(24)22-16)18-11-13-7-4-3-5-8-13/h13-14H,2-12H2,1H3,(H3,18,19,20,21,22,24). The molecule has 1 aliphatic carbocycles. The van der Waals surface area contributed by atoms with E-state index in [9.17, 15) is 5.11 Å². The van der Waals surface area contributed by atoms with E-state index >= 15 is 0 Å². The Hall–Kier alpha value is -1.63. The van der Waals surface area contributed by atoms with Crippen LogP contribution in [0.1, 0.15) is 51.9 Å². The van der Waals surface area contributed by atoms with Gasteiger partial charge < -0.3 is 15.7 Å². The molecule has 1 aliphatic heterocycles. The van der Waals surface area contributed by atoms with Crippen LogP contribution >= 0.6 is 0 Å². The summed E-state index contributed by atoms with van der Waals surface area (Å²) in [4.78, 5) is 14.9. The fourth-order valence-electron chi connectivity index (χ4n) is 3.90. The summed E-state index contributed by atoms with van der Waals surface area (Å²) in [5.74, 6) is 1.61. The quantitative estimate of drug-likeness (QED) is 0.706. The third kappa shape index (κ3) is 4.69. The molecule has 7 heteroatoms. The van der Waals surface area contributed by atoms with Gasteiger partial charge in [0.15, 0.2) is 0 Å². The highest BCUT2D eigenvalue weighted by Gasteiger charge is 2.23. The summed E-state index contributed by atoms with van der Waals surface area (Å²) < 4.78 is 0. The Morgan fingerprint density at radius 2 is 1.67 bits per heavy atom. The maximum atomic E-state index is 9.77. The molecular formula is C17H30N6O. The first-order valence-electron chi connectivity index (χ1n) is 9.41. The topological polar surface area (TPSA) is 86.2 Å². The Labute approximate surface area is 144 Å². The second-order valence-electron chi connectivity index (χ2n) is 6.97. The van der Waals surface area contributed by atoms with Crippen LogP contribution in [0.5, 0.6) is 6.01 Å². The molecule has 1 atom stereocenters. The molecule has 3 rings (SSSR count). The summed E-state index contributed by atoms with van der Waals surface area (Å²) in [7, 11) is 0. The number of nitrogens with zero attached hydrogens (tertiary/aromatic N) is 4. The first-order chi connectivity index (χ1) is 11.7. The Balaban J connectivity index is 1.53. The van der Waals surface area contributed by atoms with Crippen molar-refractivity contribution < 1.29 is 5.11 Å². The van der Waals surface area contributed by atoms with E-state index in [0.29, 0.717) is 23.9 Å². The zero-order valence-corrected chi connectivity index (χ0v) is 14.7. The van der Waals surface area contributed by atoms with Gasteiger partial charge in [-0.25, -0.2) is 0 Å². The summed E-state index contributed by atoms with van der Waals surface area (Å²) in [6.07, 6.45) is 8.97. The van der Waals surface area contributed by atoms with Gasteiger partial charge in [0, 0.05) is 19.1 Å². The predicted octanol–water partition coefficient (Wildman–Crippen LogP) is 2.47. The minimum absolute atomic E-state index is 0.225. The van der Waals surface area contributed by atoms with Crippen molar-refractivity contribution in [3.8, 4) is 6.01 Å². The molecule has 1 unspecified atom stereocenters. The van der Waals surface area contributed by atoms with Gasteiger partial charge in [-0.3, -0.25) is 4.90 Å². The fourth-order valence-corrected chi connectivity index (χ4v) is 3.90. The molecule has 1 aromatic rings. The summed E-state index contributed by atoms with van der Waals surface area (Å²) in [6.45, 7) is 6.11. The first kappa shape index (κ1) is 17.2. The van der Waals surface area contributed by atoms with Crippen molar-refractivity contribution >= 4 is 11.9 Å². The zero-order chi connectivity index (χ0) is 16.8. The van der Waals surface area contributed by atoms with E-state index in [1.165, 1.54) is 51.5 Å². The smallest absolute Gasteiger partial charge is 0.320 e. The van der Waals surface area contributed by atoms with Crippen LogP contribution in [0.4, 0.5) is 11.9 Å². The summed E-state index contributed by atoms with van der Waals surface area (Å²) >= 11 is 0. The summed E-state index contributed by atoms with van der Waals surface area (Å²) in [6, 6.07) is 0.296. The third-order valence-corrected chi connectivity index (χ3v) is 5.30. The van der Waals surface area contributed by atoms with E-state index < -0.39 is 0 Å². The minimum atomic E-state index is -0.225. The molecule has 1 aromatic heterocycles. The van der Waals surface area contributed by atoms with Crippen LogP contribution in [0.15, 0.2) is 0 Å². The SMILES string of the molecule is CCN1CCCC1CNc1nc(O)nc(NCC2CCCCC2)n1. The average Bonchev–Trinajstić information content (AvgIpc) is 3.06. The van der Waals surface area contributed by atoms with E-state index in [4.69, 9.17) is 0 Å². The Morgan fingerprint density at radius 3 is 2.38 bits per heavy atom. The lowest BCUT2D eigenvalue weighted by Crippen LogP contribution is -2.35. The minimum Gasteiger partial charge on any atom is -0.479 e. The van der Waals surface area contributed by atoms with Crippen LogP contribution in [0.2, 0.25) is 0 Å². The van der Waals surface area contributed by atoms with Gasteiger partial charge in [-0.2, -0.15) is 15.0 Å². The average molecular weight is 334 g/mol. The zero-order valence-electron chi connectivity index (χ0n) is 14.7. The molecule has 0 spiro atoms. The molecule has 3 N–H and O–H groups in total. The van der Waals surface area contributed by atoms with Crippen molar-refractivity contribution in [3.63, 3.8) is 0 Å². The van der Waals surface area contributed by atoms with E-state index in [1.54, 1.807) is 0 Å². The summed E-state index contributed by atoms with van der Waals surface area (Å²) in [5, 5.41) is 16.3. The molecule has 2 heterocycles. The summed E-state index contributed by atoms with van der Waals surface area (Å²) in [5.41, 5.74) is 0. The van der Waals surface area contributed by atoms with Crippen LogP contribution in [0, 0.1) is 5.92 Å². The molecule has 0 amide bonds. The molecule has 2 aliphatic rings. The molecular weight excluding hydrogens is 304 g/mol. The van der Waals surface area contributed by atoms with Crippen LogP contribution in [-0.2, 0) is 0 Å². The van der Waals surface area contributed by atoms with E-state index in [2.05, 4.69) is 37.4 Å². The number of hydrogen-bond donors (Lipinski definition) is 3.